The molecule has 6 heteroatoms. The SMILES string of the molecule is Cc1cc(C(=O)N2CCCCC2C)c(F)cc1B1OC(C)(C)C(C)(C)O1. The fourth-order valence-corrected chi connectivity index (χ4v) is 3.64. The third-order valence-corrected chi connectivity index (χ3v) is 6.16. The molecule has 3 rings (SSSR count). The number of aryl methyl sites for hydroxylation is 1. The van der Waals surface area contributed by atoms with Crippen LogP contribution < -0.4 is 5.46 Å². The van der Waals surface area contributed by atoms with Crippen LogP contribution in [0.25, 0.3) is 0 Å². The molecule has 2 fully saturated rings. The van der Waals surface area contributed by atoms with E-state index >= 15 is 0 Å². The predicted octanol–water partition coefficient (Wildman–Crippen LogP) is 3.45. The van der Waals surface area contributed by atoms with Crippen molar-refractivity contribution in [1.29, 1.82) is 0 Å². The van der Waals surface area contributed by atoms with E-state index in [1.807, 2.05) is 41.5 Å². The van der Waals surface area contributed by atoms with Gasteiger partial charge in [0.15, 0.2) is 0 Å². The zero-order chi connectivity index (χ0) is 19.3. The van der Waals surface area contributed by atoms with E-state index in [0.29, 0.717) is 12.0 Å². The molecule has 2 aliphatic rings. The van der Waals surface area contributed by atoms with Crippen molar-refractivity contribution in [3.63, 3.8) is 0 Å². The normalized spacial score (nSPS) is 24.8. The highest BCUT2D eigenvalue weighted by molar-refractivity contribution is 6.62. The van der Waals surface area contributed by atoms with E-state index in [9.17, 15) is 9.18 Å². The van der Waals surface area contributed by atoms with Gasteiger partial charge >= 0.3 is 7.12 Å². The number of piperidine rings is 1. The third kappa shape index (κ3) is 3.29. The highest BCUT2D eigenvalue weighted by Crippen LogP contribution is 2.36. The number of hydrogen-bond donors (Lipinski definition) is 0. The summed E-state index contributed by atoms with van der Waals surface area (Å²) in [6.45, 7) is 12.5. The average Bonchev–Trinajstić information content (AvgIpc) is 2.77. The first-order valence-corrected chi connectivity index (χ1v) is 9.50. The van der Waals surface area contributed by atoms with Crippen molar-refractivity contribution in [2.45, 2.75) is 78.0 Å². The maximum absolute atomic E-state index is 14.8. The summed E-state index contributed by atoms with van der Waals surface area (Å²) in [5, 5.41) is 0. The number of rotatable bonds is 2. The second kappa shape index (κ2) is 6.64. The Balaban J connectivity index is 1.89. The Morgan fingerprint density at radius 2 is 1.81 bits per heavy atom. The number of likely N-dealkylation sites (tertiary alicyclic amines) is 1. The molecule has 0 N–H and O–H groups in total. The Kier molecular flexibility index (Phi) is 4.95. The second-order valence-electron chi connectivity index (χ2n) is 8.62. The van der Waals surface area contributed by atoms with Gasteiger partial charge in [0.2, 0.25) is 0 Å². The molecule has 0 saturated carbocycles. The number of benzene rings is 1. The van der Waals surface area contributed by atoms with E-state index in [4.69, 9.17) is 9.31 Å². The van der Waals surface area contributed by atoms with Crippen molar-refractivity contribution in [2.24, 2.45) is 0 Å². The monoisotopic (exact) mass is 361 g/mol. The first kappa shape index (κ1) is 19.4. The van der Waals surface area contributed by atoms with Gasteiger partial charge in [-0.2, -0.15) is 0 Å². The summed E-state index contributed by atoms with van der Waals surface area (Å²) < 4.78 is 26.9. The van der Waals surface area contributed by atoms with Gasteiger partial charge < -0.3 is 14.2 Å². The van der Waals surface area contributed by atoms with E-state index in [2.05, 4.69) is 0 Å². The van der Waals surface area contributed by atoms with E-state index < -0.39 is 24.1 Å². The molecule has 0 spiro atoms. The molecule has 1 aromatic rings. The number of carbonyl (C=O) groups excluding carboxylic acids is 1. The van der Waals surface area contributed by atoms with Crippen LogP contribution in [0.3, 0.4) is 0 Å². The molecule has 142 valence electrons. The molecule has 0 aliphatic carbocycles. The molecular formula is C20H29BFNO3. The van der Waals surface area contributed by atoms with Gasteiger partial charge in [-0.3, -0.25) is 4.79 Å². The lowest BCUT2D eigenvalue weighted by Gasteiger charge is -2.33. The number of amides is 1. The number of halogens is 1. The lowest BCUT2D eigenvalue weighted by molar-refractivity contribution is 0.00578. The van der Waals surface area contributed by atoms with Crippen molar-refractivity contribution in [2.75, 3.05) is 6.54 Å². The standard InChI is InChI=1S/C20H29BFNO3/c1-13-11-15(18(24)23-10-8-7-9-14(23)2)17(22)12-16(13)21-25-19(3,4)20(5,6)26-21/h11-12,14H,7-10H2,1-6H3. The molecule has 1 unspecified atom stereocenters. The molecule has 2 aliphatic heterocycles. The van der Waals surface area contributed by atoms with Crippen molar-refractivity contribution >= 4 is 18.5 Å². The Morgan fingerprint density at radius 1 is 1.19 bits per heavy atom. The molecule has 4 nitrogen and oxygen atoms in total. The first-order chi connectivity index (χ1) is 12.0. The molecule has 1 aromatic carbocycles. The Hall–Kier alpha value is -1.40. The van der Waals surface area contributed by atoms with E-state index in [1.54, 1.807) is 11.0 Å². The minimum atomic E-state index is -0.632. The minimum absolute atomic E-state index is 0.136. The zero-order valence-corrected chi connectivity index (χ0v) is 16.7. The van der Waals surface area contributed by atoms with Crippen molar-refractivity contribution in [1.82, 2.24) is 4.90 Å². The molecular weight excluding hydrogens is 332 g/mol. The van der Waals surface area contributed by atoms with Crippen molar-refractivity contribution in [3.05, 3.63) is 29.1 Å². The fraction of sp³-hybridized carbons (Fsp3) is 0.650. The van der Waals surface area contributed by atoms with Gasteiger partial charge in [-0.1, -0.05) is 5.56 Å². The number of nitrogens with zero attached hydrogens (tertiary/aromatic N) is 1. The quantitative estimate of drug-likeness (QED) is 0.758. The van der Waals surface area contributed by atoms with Gasteiger partial charge in [0.1, 0.15) is 5.82 Å². The van der Waals surface area contributed by atoms with Crippen LogP contribution in [0.5, 0.6) is 0 Å². The van der Waals surface area contributed by atoms with Crippen LogP contribution in [0.1, 0.15) is 69.8 Å². The highest BCUT2D eigenvalue weighted by Gasteiger charge is 2.52. The summed E-state index contributed by atoms with van der Waals surface area (Å²) in [7, 11) is -0.632. The van der Waals surface area contributed by atoms with Gasteiger partial charge in [0, 0.05) is 12.6 Å². The van der Waals surface area contributed by atoms with E-state index in [1.165, 1.54) is 6.07 Å². The lowest BCUT2D eigenvalue weighted by Crippen LogP contribution is -2.43. The summed E-state index contributed by atoms with van der Waals surface area (Å²) in [5.74, 6) is -0.735. The summed E-state index contributed by atoms with van der Waals surface area (Å²) in [5.41, 5.74) is 0.607. The van der Waals surface area contributed by atoms with Gasteiger partial charge in [-0.25, -0.2) is 4.39 Å². The highest BCUT2D eigenvalue weighted by atomic mass is 19.1. The van der Waals surface area contributed by atoms with E-state index in [-0.39, 0.29) is 17.5 Å². The van der Waals surface area contributed by atoms with Crippen LogP contribution in [0.2, 0.25) is 0 Å². The summed E-state index contributed by atoms with van der Waals surface area (Å²) in [6, 6.07) is 3.19. The first-order valence-electron chi connectivity index (χ1n) is 9.50. The Labute approximate surface area is 156 Å². The van der Waals surface area contributed by atoms with Gasteiger partial charge in [0.05, 0.1) is 16.8 Å². The molecule has 1 atom stereocenters. The lowest BCUT2D eigenvalue weighted by atomic mass is 9.75. The minimum Gasteiger partial charge on any atom is -0.399 e. The summed E-state index contributed by atoms with van der Waals surface area (Å²) in [4.78, 5) is 14.6. The van der Waals surface area contributed by atoms with Crippen LogP contribution in [-0.4, -0.2) is 41.7 Å². The molecule has 2 heterocycles. The van der Waals surface area contributed by atoms with Crippen LogP contribution in [0.4, 0.5) is 4.39 Å². The molecule has 1 amide bonds. The summed E-state index contributed by atoms with van der Waals surface area (Å²) >= 11 is 0. The smallest absolute Gasteiger partial charge is 0.399 e. The average molecular weight is 361 g/mol. The molecule has 26 heavy (non-hydrogen) atoms. The predicted molar refractivity (Wildman–Crippen MR) is 101 cm³/mol. The molecule has 0 aromatic heterocycles. The topological polar surface area (TPSA) is 38.8 Å². The van der Waals surface area contributed by atoms with Gasteiger partial charge in [0.25, 0.3) is 5.91 Å². The zero-order valence-electron chi connectivity index (χ0n) is 16.7. The van der Waals surface area contributed by atoms with Crippen LogP contribution in [-0.2, 0) is 9.31 Å². The van der Waals surface area contributed by atoms with Crippen LogP contribution in [0.15, 0.2) is 12.1 Å². The second-order valence-corrected chi connectivity index (χ2v) is 8.62. The number of carbonyl (C=O) groups is 1. The molecule has 0 bridgehead atoms. The maximum atomic E-state index is 14.8. The molecule has 2 saturated heterocycles. The van der Waals surface area contributed by atoms with Gasteiger partial charge in [-0.15, -0.1) is 0 Å². The van der Waals surface area contributed by atoms with Crippen LogP contribution >= 0.6 is 0 Å². The fourth-order valence-electron chi connectivity index (χ4n) is 3.64. The van der Waals surface area contributed by atoms with E-state index in [0.717, 1.165) is 24.8 Å². The largest absolute Gasteiger partial charge is 0.495 e. The maximum Gasteiger partial charge on any atom is 0.495 e. The molecule has 0 radical (unpaired) electrons. The summed E-state index contributed by atoms with van der Waals surface area (Å²) in [6.07, 6.45) is 3.06. The van der Waals surface area contributed by atoms with Gasteiger partial charge in [-0.05, 0) is 78.4 Å². The third-order valence-electron chi connectivity index (χ3n) is 6.16. The van der Waals surface area contributed by atoms with Crippen molar-refractivity contribution in [3.8, 4) is 0 Å². The Bertz CT molecular complexity index is 703. The van der Waals surface area contributed by atoms with Crippen LogP contribution in [0, 0.1) is 12.7 Å². The Morgan fingerprint density at radius 3 is 2.38 bits per heavy atom. The number of hydrogen-bond acceptors (Lipinski definition) is 3. The van der Waals surface area contributed by atoms with Crippen molar-refractivity contribution < 1.29 is 18.5 Å².